The molecule has 0 spiro atoms. The number of nitrogens with zero attached hydrogens (tertiary/aromatic N) is 1. The van der Waals surface area contributed by atoms with Gasteiger partial charge in [-0.15, -0.1) is 0 Å². The van der Waals surface area contributed by atoms with Crippen molar-refractivity contribution in [1.82, 2.24) is 0 Å². The quantitative estimate of drug-likeness (QED) is 0.732. The Morgan fingerprint density at radius 1 is 1.59 bits per heavy atom. The molecule has 0 aliphatic carbocycles. The lowest BCUT2D eigenvalue weighted by atomic mass is 10.1. The van der Waals surface area contributed by atoms with Gasteiger partial charge >= 0.3 is 5.97 Å². The maximum atomic E-state index is 11.6. The molecule has 4 nitrogen and oxygen atoms in total. The van der Waals surface area contributed by atoms with Gasteiger partial charge in [0.1, 0.15) is 5.75 Å². The molecule has 1 aliphatic heterocycles. The number of benzene rings is 1. The molecule has 0 aromatic heterocycles. The fourth-order valence-corrected chi connectivity index (χ4v) is 1.92. The largest absolute Gasteiger partial charge is 0.475 e. The summed E-state index contributed by atoms with van der Waals surface area (Å²) in [5, 5.41) is 0. The molecule has 0 saturated heterocycles. The zero-order valence-electron chi connectivity index (χ0n) is 10.4. The lowest BCUT2D eigenvalue weighted by Crippen LogP contribution is -2.43. The van der Waals surface area contributed by atoms with Crippen LogP contribution in [-0.4, -0.2) is 32.3 Å². The second-order valence-corrected chi connectivity index (χ2v) is 4.21. The van der Waals surface area contributed by atoms with E-state index >= 15 is 0 Å². The van der Waals surface area contributed by atoms with Gasteiger partial charge in [0.15, 0.2) is 0 Å². The highest BCUT2D eigenvalue weighted by Crippen LogP contribution is 2.33. The standard InChI is InChI=1S/C13H17NO3/c1-4-16-13(15)12-8-14(3)10-7-9(2)5-6-11(10)17-12/h5-7,12H,4,8H2,1-3H3. The van der Waals surface area contributed by atoms with Crippen molar-refractivity contribution in [3.05, 3.63) is 23.8 Å². The summed E-state index contributed by atoms with van der Waals surface area (Å²) in [6, 6.07) is 5.92. The number of hydrogen-bond donors (Lipinski definition) is 0. The Morgan fingerprint density at radius 3 is 3.06 bits per heavy atom. The van der Waals surface area contributed by atoms with Crippen LogP contribution in [0.5, 0.6) is 5.75 Å². The van der Waals surface area contributed by atoms with Crippen LogP contribution < -0.4 is 9.64 Å². The van der Waals surface area contributed by atoms with Gasteiger partial charge in [-0.3, -0.25) is 0 Å². The molecule has 1 aromatic carbocycles. The van der Waals surface area contributed by atoms with E-state index in [1.54, 1.807) is 6.92 Å². The van der Waals surface area contributed by atoms with Gasteiger partial charge in [-0.2, -0.15) is 0 Å². The number of likely N-dealkylation sites (N-methyl/N-ethyl adjacent to an activating group) is 1. The highest BCUT2D eigenvalue weighted by molar-refractivity contribution is 5.78. The van der Waals surface area contributed by atoms with Crippen LogP contribution in [0.25, 0.3) is 0 Å². The minimum atomic E-state index is -0.532. The molecule has 0 saturated carbocycles. The number of fused-ring (bicyclic) bond motifs is 1. The molecule has 0 N–H and O–H groups in total. The summed E-state index contributed by atoms with van der Waals surface area (Å²) in [6.45, 7) is 4.73. The van der Waals surface area contributed by atoms with Crippen molar-refractivity contribution in [2.45, 2.75) is 20.0 Å². The minimum absolute atomic E-state index is 0.300. The maximum Gasteiger partial charge on any atom is 0.349 e. The Morgan fingerprint density at radius 2 is 2.35 bits per heavy atom. The molecular formula is C13H17NO3. The van der Waals surface area contributed by atoms with Crippen molar-refractivity contribution in [2.24, 2.45) is 0 Å². The summed E-state index contributed by atoms with van der Waals surface area (Å²) >= 11 is 0. The van der Waals surface area contributed by atoms with E-state index < -0.39 is 6.10 Å². The average Bonchev–Trinajstić information content (AvgIpc) is 2.30. The van der Waals surface area contributed by atoms with Crippen molar-refractivity contribution >= 4 is 11.7 Å². The van der Waals surface area contributed by atoms with Gasteiger partial charge in [0.2, 0.25) is 6.10 Å². The van der Waals surface area contributed by atoms with Gasteiger partial charge < -0.3 is 14.4 Å². The topological polar surface area (TPSA) is 38.8 Å². The van der Waals surface area contributed by atoms with E-state index in [4.69, 9.17) is 9.47 Å². The predicted octanol–water partition coefficient (Wildman–Crippen LogP) is 1.76. The van der Waals surface area contributed by atoms with Gasteiger partial charge in [-0.05, 0) is 31.5 Å². The number of carbonyl (C=O) groups excluding carboxylic acids is 1. The molecule has 4 heteroatoms. The van der Waals surface area contributed by atoms with E-state index in [1.807, 2.05) is 31.0 Å². The van der Waals surface area contributed by atoms with Crippen molar-refractivity contribution in [1.29, 1.82) is 0 Å². The van der Waals surface area contributed by atoms with E-state index in [1.165, 1.54) is 5.56 Å². The molecule has 1 atom stereocenters. The number of anilines is 1. The zero-order chi connectivity index (χ0) is 12.4. The Bertz CT molecular complexity index is 431. The number of rotatable bonds is 2. The lowest BCUT2D eigenvalue weighted by Gasteiger charge is -2.32. The van der Waals surface area contributed by atoms with Crippen molar-refractivity contribution in [3.8, 4) is 5.75 Å². The predicted molar refractivity (Wildman–Crippen MR) is 65.5 cm³/mol. The zero-order valence-corrected chi connectivity index (χ0v) is 10.4. The van der Waals surface area contributed by atoms with Gasteiger partial charge in [0, 0.05) is 7.05 Å². The number of ether oxygens (including phenoxy) is 2. The van der Waals surface area contributed by atoms with Gasteiger partial charge in [-0.25, -0.2) is 4.79 Å². The van der Waals surface area contributed by atoms with Crippen LogP contribution >= 0.6 is 0 Å². The Hall–Kier alpha value is -1.71. The Kier molecular flexibility index (Phi) is 3.22. The summed E-state index contributed by atoms with van der Waals surface area (Å²) in [5.41, 5.74) is 2.19. The maximum absolute atomic E-state index is 11.6. The molecule has 0 bridgehead atoms. The minimum Gasteiger partial charge on any atom is -0.475 e. The Labute approximate surface area is 101 Å². The van der Waals surface area contributed by atoms with Crippen molar-refractivity contribution in [2.75, 3.05) is 25.1 Å². The first-order valence-electron chi connectivity index (χ1n) is 5.77. The van der Waals surface area contributed by atoms with Crippen LogP contribution in [0.1, 0.15) is 12.5 Å². The molecule has 1 unspecified atom stereocenters. The first kappa shape index (κ1) is 11.8. The summed E-state index contributed by atoms with van der Waals surface area (Å²) < 4.78 is 10.6. The van der Waals surface area contributed by atoms with Gasteiger partial charge in [0.25, 0.3) is 0 Å². The molecule has 1 heterocycles. The first-order valence-corrected chi connectivity index (χ1v) is 5.77. The molecule has 0 radical (unpaired) electrons. The van der Waals surface area contributed by atoms with E-state index in [0.717, 1.165) is 11.4 Å². The summed E-state index contributed by atoms with van der Waals surface area (Å²) in [4.78, 5) is 13.7. The van der Waals surface area contributed by atoms with E-state index in [0.29, 0.717) is 13.2 Å². The van der Waals surface area contributed by atoms with E-state index in [2.05, 4.69) is 6.07 Å². The van der Waals surface area contributed by atoms with E-state index in [-0.39, 0.29) is 5.97 Å². The molecule has 1 aliphatic rings. The molecule has 2 rings (SSSR count). The van der Waals surface area contributed by atoms with E-state index in [9.17, 15) is 4.79 Å². The van der Waals surface area contributed by atoms with Crippen molar-refractivity contribution in [3.63, 3.8) is 0 Å². The third-order valence-electron chi connectivity index (χ3n) is 2.78. The second kappa shape index (κ2) is 4.65. The van der Waals surface area contributed by atoms with Crippen LogP contribution in [0, 0.1) is 6.92 Å². The Balaban J connectivity index is 2.21. The molecule has 0 fully saturated rings. The summed E-state index contributed by atoms with van der Waals surface area (Å²) in [6.07, 6.45) is -0.532. The number of carbonyl (C=O) groups is 1. The third-order valence-corrected chi connectivity index (χ3v) is 2.78. The van der Waals surface area contributed by atoms with Crippen molar-refractivity contribution < 1.29 is 14.3 Å². The normalized spacial score (nSPS) is 18.3. The molecule has 92 valence electrons. The van der Waals surface area contributed by atoms with Gasteiger partial charge in [0.05, 0.1) is 18.8 Å². The van der Waals surface area contributed by atoms with Crippen LogP contribution in [-0.2, 0) is 9.53 Å². The molecular weight excluding hydrogens is 218 g/mol. The van der Waals surface area contributed by atoms with Crippen LogP contribution in [0.4, 0.5) is 5.69 Å². The number of esters is 1. The molecule has 17 heavy (non-hydrogen) atoms. The molecule has 1 aromatic rings. The lowest BCUT2D eigenvalue weighted by molar-refractivity contribution is -0.151. The number of aryl methyl sites for hydroxylation is 1. The highest BCUT2D eigenvalue weighted by Gasteiger charge is 2.29. The fourth-order valence-electron chi connectivity index (χ4n) is 1.92. The monoisotopic (exact) mass is 235 g/mol. The summed E-state index contributed by atoms with van der Waals surface area (Å²) in [7, 11) is 1.95. The average molecular weight is 235 g/mol. The first-order chi connectivity index (χ1) is 8.11. The smallest absolute Gasteiger partial charge is 0.349 e. The molecule has 0 amide bonds. The SMILES string of the molecule is CCOC(=O)C1CN(C)c2cc(C)ccc2O1. The van der Waals surface area contributed by atoms with Gasteiger partial charge in [-0.1, -0.05) is 6.07 Å². The third kappa shape index (κ3) is 2.35. The fraction of sp³-hybridized carbons (Fsp3) is 0.462. The number of hydrogen-bond acceptors (Lipinski definition) is 4. The highest BCUT2D eigenvalue weighted by atomic mass is 16.6. The summed E-state index contributed by atoms with van der Waals surface area (Å²) in [5.74, 6) is 0.438. The van der Waals surface area contributed by atoms with Crippen LogP contribution in [0.15, 0.2) is 18.2 Å². The van der Waals surface area contributed by atoms with Crippen LogP contribution in [0.3, 0.4) is 0 Å². The van der Waals surface area contributed by atoms with Crippen LogP contribution in [0.2, 0.25) is 0 Å². The second-order valence-electron chi connectivity index (χ2n) is 4.21.